The largest absolute Gasteiger partial charge is 0.347 e. The predicted molar refractivity (Wildman–Crippen MR) is 108 cm³/mol. The Morgan fingerprint density at radius 3 is 2.60 bits per heavy atom. The van der Waals surface area contributed by atoms with Crippen molar-refractivity contribution in [3.05, 3.63) is 34.9 Å². The van der Waals surface area contributed by atoms with Gasteiger partial charge in [0.1, 0.15) is 18.3 Å². The Bertz CT molecular complexity index is 833. The number of nitrogens with one attached hydrogen (secondary N) is 1. The minimum atomic E-state index is -0.762. The van der Waals surface area contributed by atoms with Gasteiger partial charge in [-0.3, -0.25) is 4.79 Å². The van der Waals surface area contributed by atoms with Crippen LogP contribution in [-0.4, -0.2) is 54.7 Å². The second-order valence-corrected chi connectivity index (χ2v) is 9.47. The molecular weight excluding hydrogens is 386 g/mol. The fourth-order valence-electron chi connectivity index (χ4n) is 5.14. The number of hydrogen-bond acceptors (Lipinski definition) is 6. The van der Waals surface area contributed by atoms with Gasteiger partial charge in [0.15, 0.2) is 17.9 Å². The van der Waals surface area contributed by atoms with Gasteiger partial charge in [-0.15, -0.1) is 0 Å². The third kappa shape index (κ3) is 3.56. The van der Waals surface area contributed by atoms with Gasteiger partial charge in [-0.1, -0.05) is 17.7 Å². The van der Waals surface area contributed by atoms with Crippen LogP contribution in [0.1, 0.15) is 61.0 Å². The maximum atomic E-state index is 13.2. The average Bonchev–Trinajstić information content (AvgIpc) is 3.44. The van der Waals surface area contributed by atoms with E-state index in [-0.39, 0.29) is 12.0 Å². The fourth-order valence-corrected chi connectivity index (χ4v) is 5.14. The molecule has 164 valence electrons. The van der Waals surface area contributed by atoms with E-state index < -0.39 is 36.1 Å². The first-order chi connectivity index (χ1) is 14.3. The van der Waals surface area contributed by atoms with E-state index in [1.54, 1.807) is 0 Å². The summed E-state index contributed by atoms with van der Waals surface area (Å²) >= 11 is 0. The first-order valence-corrected chi connectivity index (χ1v) is 11.0. The average molecular weight is 418 g/mol. The van der Waals surface area contributed by atoms with Gasteiger partial charge in [-0.2, -0.15) is 0 Å². The summed E-state index contributed by atoms with van der Waals surface area (Å²) in [7, 11) is 0. The number of rotatable bonds is 3. The molecule has 5 rings (SSSR count). The molecule has 4 aliphatic rings. The number of carbonyl (C=O) groups excluding carboxylic acids is 1. The molecule has 3 saturated heterocycles. The van der Waals surface area contributed by atoms with E-state index in [1.165, 1.54) is 0 Å². The molecule has 1 amide bonds. The highest BCUT2D eigenvalue weighted by atomic mass is 16.8. The number of ether oxygens (including phenoxy) is 5. The van der Waals surface area contributed by atoms with Gasteiger partial charge < -0.3 is 29.0 Å². The lowest BCUT2D eigenvalue weighted by Crippen LogP contribution is -2.52. The highest BCUT2D eigenvalue weighted by molar-refractivity contribution is 5.96. The first-order valence-electron chi connectivity index (χ1n) is 11.0. The van der Waals surface area contributed by atoms with E-state index in [0.29, 0.717) is 12.2 Å². The van der Waals surface area contributed by atoms with Crippen molar-refractivity contribution in [3.8, 4) is 0 Å². The number of hydrogen-bond donors (Lipinski definition) is 1. The summed E-state index contributed by atoms with van der Waals surface area (Å²) in [6.45, 7) is 8.08. The van der Waals surface area contributed by atoms with E-state index in [9.17, 15) is 4.79 Å². The van der Waals surface area contributed by atoms with Gasteiger partial charge in [0.25, 0.3) is 5.91 Å². The SMILES string of the molecule is Cc1ccc(C)c(C(=O)N[C@@H]2[C@H]3OC(C)(C)O[C@H]3O[C@@H]2[C@H]2COC3(CCCC3)O2)c1. The summed E-state index contributed by atoms with van der Waals surface area (Å²) < 4.78 is 30.7. The molecule has 3 aliphatic heterocycles. The zero-order valence-electron chi connectivity index (χ0n) is 18.1. The molecule has 0 radical (unpaired) electrons. The van der Waals surface area contributed by atoms with Crippen molar-refractivity contribution in [2.75, 3.05) is 6.61 Å². The van der Waals surface area contributed by atoms with Crippen molar-refractivity contribution in [1.29, 1.82) is 0 Å². The second-order valence-electron chi connectivity index (χ2n) is 9.47. The quantitative estimate of drug-likeness (QED) is 0.815. The van der Waals surface area contributed by atoms with Crippen LogP contribution in [0.25, 0.3) is 0 Å². The molecule has 1 N–H and O–H groups in total. The third-order valence-corrected chi connectivity index (χ3v) is 6.63. The number of benzene rings is 1. The van der Waals surface area contributed by atoms with Gasteiger partial charge in [0.2, 0.25) is 0 Å². The maximum absolute atomic E-state index is 13.2. The monoisotopic (exact) mass is 417 g/mol. The Morgan fingerprint density at radius 1 is 1.07 bits per heavy atom. The van der Waals surface area contributed by atoms with Crippen molar-refractivity contribution >= 4 is 5.91 Å². The molecule has 7 nitrogen and oxygen atoms in total. The summed E-state index contributed by atoms with van der Waals surface area (Å²) in [5.41, 5.74) is 2.63. The van der Waals surface area contributed by atoms with Crippen LogP contribution in [0.2, 0.25) is 0 Å². The van der Waals surface area contributed by atoms with Crippen LogP contribution in [-0.2, 0) is 23.7 Å². The minimum Gasteiger partial charge on any atom is -0.347 e. The first kappa shape index (κ1) is 20.4. The van der Waals surface area contributed by atoms with E-state index in [0.717, 1.165) is 36.8 Å². The van der Waals surface area contributed by atoms with Gasteiger partial charge >= 0.3 is 0 Å². The van der Waals surface area contributed by atoms with Crippen LogP contribution in [0.4, 0.5) is 0 Å². The van der Waals surface area contributed by atoms with Gasteiger partial charge in [-0.05, 0) is 52.2 Å². The van der Waals surface area contributed by atoms with Crippen LogP contribution in [0.15, 0.2) is 18.2 Å². The molecular formula is C23H31NO6. The zero-order chi connectivity index (χ0) is 21.1. The van der Waals surface area contributed by atoms with Gasteiger partial charge in [0.05, 0.1) is 12.6 Å². The van der Waals surface area contributed by atoms with Crippen LogP contribution in [0.5, 0.6) is 0 Å². The fraction of sp³-hybridized carbons (Fsp3) is 0.696. The molecule has 3 heterocycles. The Labute approximate surface area is 177 Å². The lowest BCUT2D eigenvalue weighted by Gasteiger charge is -2.30. The van der Waals surface area contributed by atoms with Crippen molar-refractivity contribution in [1.82, 2.24) is 5.32 Å². The molecule has 5 atom stereocenters. The minimum absolute atomic E-state index is 0.141. The molecule has 30 heavy (non-hydrogen) atoms. The molecule has 1 aromatic carbocycles. The second kappa shape index (κ2) is 7.28. The van der Waals surface area contributed by atoms with Crippen molar-refractivity contribution in [2.24, 2.45) is 0 Å². The standard InChI is InChI=1S/C23H31NO6/c1-13-7-8-14(2)15(11-13)20(25)24-17-18(27-21-19(17)29-22(3,4)30-21)16-12-26-23(28-16)9-5-6-10-23/h7-8,11,16-19,21H,5-6,9-10,12H2,1-4H3,(H,24,25)/t16-,17+,18-,19-,21-/m1/s1. The Balaban J connectivity index is 1.38. The number of carbonyl (C=O) groups is 1. The molecule has 0 bridgehead atoms. The van der Waals surface area contributed by atoms with Gasteiger partial charge in [-0.25, -0.2) is 0 Å². The molecule has 1 aliphatic carbocycles. The van der Waals surface area contributed by atoms with E-state index in [4.69, 9.17) is 23.7 Å². The smallest absolute Gasteiger partial charge is 0.251 e. The van der Waals surface area contributed by atoms with E-state index >= 15 is 0 Å². The Morgan fingerprint density at radius 2 is 1.83 bits per heavy atom. The molecule has 0 unspecified atom stereocenters. The molecule has 0 aromatic heterocycles. The summed E-state index contributed by atoms with van der Waals surface area (Å²) in [5, 5.41) is 3.17. The van der Waals surface area contributed by atoms with Crippen molar-refractivity contribution in [3.63, 3.8) is 0 Å². The number of fused-ring (bicyclic) bond motifs is 1. The topological polar surface area (TPSA) is 75.3 Å². The van der Waals surface area contributed by atoms with Crippen molar-refractivity contribution in [2.45, 2.75) is 95.6 Å². The highest BCUT2D eigenvalue weighted by Crippen LogP contribution is 2.44. The van der Waals surface area contributed by atoms with Crippen LogP contribution in [0.3, 0.4) is 0 Å². The summed E-state index contributed by atoms with van der Waals surface area (Å²) in [6.07, 6.45) is 2.41. The number of aryl methyl sites for hydroxylation is 2. The normalized spacial score (nSPS) is 36.3. The number of amides is 1. The van der Waals surface area contributed by atoms with E-state index in [1.807, 2.05) is 45.9 Å². The van der Waals surface area contributed by atoms with Gasteiger partial charge in [0, 0.05) is 18.4 Å². The zero-order valence-corrected chi connectivity index (χ0v) is 18.1. The lowest BCUT2D eigenvalue weighted by atomic mass is 10.0. The van der Waals surface area contributed by atoms with Crippen molar-refractivity contribution < 1.29 is 28.5 Å². The Kier molecular flexibility index (Phi) is 4.95. The molecule has 4 fully saturated rings. The Hall–Kier alpha value is -1.51. The summed E-state index contributed by atoms with van der Waals surface area (Å²) in [6, 6.07) is 5.48. The van der Waals surface area contributed by atoms with Crippen LogP contribution < -0.4 is 5.32 Å². The van der Waals surface area contributed by atoms with E-state index in [2.05, 4.69) is 5.32 Å². The van der Waals surface area contributed by atoms with Crippen LogP contribution in [0, 0.1) is 13.8 Å². The third-order valence-electron chi connectivity index (χ3n) is 6.63. The molecule has 1 spiro atoms. The predicted octanol–water partition coefficient (Wildman–Crippen LogP) is 2.96. The molecule has 1 saturated carbocycles. The summed E-state index contributed by atoms with van der Waals surface area (Å²) in [4.78, 5) is 13.2. The maximum Gasteiger partial charge on any atom is 0.251 e. The summed E-state index contributed by atoms with van der Waals surface area (Å²) in [5.74, 6) is -1.39. The van der Waals surface area contributed by atoms with Crippen LogP contribution >= 0.6 is 0 Å². The molecule has 1 aromatic rings. The highest BCUT2D eigenvalue weighted by Gasteiger charge is 2.59. The molecule has 7 heteroatoms. The lowest BCUT2D eigenvalue weighted by molar-refractivity contribution is -0.226.